The van der Waals surface area contributed by atoms with Gasteiger partial charge in [0.25, 0.3) is 0 Å². The molecular formula is C29H35N9OS. The number of aromatic nitrogens is 6. The number of aryl methyl sites for hydroxylation is 1. The number of hydrogen-bond acceptors (Lipinski definition) is 9. The van der Waals surface area contributed by atoms with Crippen LogP contribution in [0, 0.1) is 12.8 Å². The Morgan fingerprint density at radius 3 is 2.77 bits per heavy atom. The van der Waals surface area contributed by atoms with Crippen molar-refractivity contribution in [3.05, 3.63) is 72.6 Å². The number of imidazole rings is 1. The van der Waals surface area contributed by atoms with E-state index in [4.69, 9.17) is 0 Å². The third kappa shape index (κ3) is 6.72. The highest BCUT2D eigenvalue weighted by molar-refractivity contribution is 7.10. The number of para-hydroxylation sites is 1. The summed E-state index contributed by atoms with van der Waals surface area (Å²) in [6, 6.07) is 12.2. The van der Waals surface area contributed by atoms with Crippen LogP contribution in [0.5, 0.6) is 0 Å². The number of nitrogens with zero attached hydrogens (tertiary/aromatic N) is 7. The molecule has 0 radical (unpaired) electrons. The smallest absolute Gasteiger partial charge is 0.180 e. The Bertz CT molecular complexity index is 1540. The van der Waals surface area contributed by atoms with Gasteiger partial charge in [-0.25, -0.2) is 9.97 Å². The molecule has 0 spiro atoms. The predicted octanol–water partition coefficient (Wildman–Crippen LogP) is 5.26. The van der Waals surface area contributed by atoms with Crippen molar-refractivity contribution in [2.75, 3.05) is 30.8 Å². The molecule has 10 nitrogen and oxygen atoms in total. The molecule has 5 aromatic rings. The third-order valence-corrected chi connectivity index (χ3v) is 7.54. The van der Waals surface area contributed by atoms with Gasteiger partial charge in [-0.1, -0.05) is 25.1 Å². The highest BCUT2D eigenvalue weighted by atomic mass is 32.1. The maximum atomic E-state index is 10.8. The molecule has 1 atom stereocenters. The molecule has 0 aliphatic carbocycles. The van der Waals surface area contributed by atoms with Crippen LogP contribution in [0.2, 0.25) is 0 Å². The van der Waals surface area contributed by atoms with Crippen LogP contribution in [-0.2, 0) is 17.9 Å². The second kappa shape index (κ2) is 12.8. The maximum absolute atomic E-state index is 10.8. The van der Waals surface area contributed by atoms with Gasteiger partial charge in [-0.2, -0.15) is 9.47 Å². The van der Waals surface area contributed by atoms with E-state index in [1.165, 1.54) is 24.4 Å². The minimum Gasteiger partial charge on any atom is -0.388 e. The van der Waals surface area contributed by atoms with E-state index in [2.05, 4.69) is 48.0 Å². The summed E-state index contributed by atoms with van der Waals surface area (Å²) in [5, 5.41) is 11.6. The molecule has 5 heterocycles. The van der Waals surface area contributed by atoms with Gasteiger partial charge in [0, 0.05) is 43.8 Å². The Kier molecular flexibility index (Phi) is 8.82. The Morgan fingerprint density at radius 1 is 1.18 bits per heavy atom. The van der Waals surface area contributed by atoms with Crippen LogP contribution >= 0.6 is 11.5 Å². The first-order valence-corrected chi connectivity index (χ1v) is 14.3. The van der Waals surface area contributed by atoms with Crippen LogP contribution in [0.25, 0.3) is 16.9 Å². The maximum Gasteiger partial charge on any atom is 0.180 e. The number of carbonyl (C=O) groups is 1. The zero-order chi connectivity index (χ0) is 27.9. The van der Waals surface area contributed by atoms with Gasteiger partial charge >= 0.3 is 0 Å². The van der Waals surface area contributed by atoms with Gasteiger partial charge in [0.15, 0.2) is 11.5 Å². The number of likely N-dealkylation sites (tertiary alicyclic amines) is 1. The topological polar surface area (TPSA) is 105 Å². The van der Waals surface area contributed by atoms with Crippen molar-refractivity contribution in [2.45, 2.75) is 39.8 Å². The normalized spacial score (nSPS) is 15.4. The summed E-state index contributed by atoms with van der Waals surface area (Å²) in [5.41, 5.74) is 5.64. The lowest BCUT2D eigenvalue weighted by Crippen LogP contribution is -2.33. The molecule has 1 fully saturated rings. The van der Waals surface area contributed by atoms with E-state index in [1.54, 1.807) is 17.1 Å². The van der Waals surface area contributed by atoms with Crippen molar-refractivity contribution in [2.24, 2.45) is 5.92 Å². The van der Waals surface area contributed by atoms with Gasteiger partial charge in [-0.15, -0.1) is 0 Å². The van der Waals surface area contributed by atoms with Crippen molar-refractivity contribution in [1.29, 1.82) is 0 Å². The first kappa shape index (κ1) is 27.5. The van der Waals surface area contributed by atoms with Crippen LogP contribution in [0.4, 0.5) is 16.5 Å². The molecule has 11 heteroatoms. The van der Waals surface area contributed by atoms with E-state index < -0.39 is 0 Å². The lowest BCUT2D eigenvalue weighted by molar-refractivity contribution is -0.108. The first-order chi connectivity index (χ1) is 19.5. The second-order valence-electron chi connectivity index (χ2n) is 10.1. The van der Waals surface area contributed by atoms with Gasteiger partial charge in [-0.3, -0.25) is 14.0 Å². The Morgan fingerprint density at radius 2 is 2.02 bits per heavy atom. The number of rotatable bonds is 8. The summed E-state index contributed by atoms with van der Waals surface area (Å²) >= 11 is 1.45. The molecule has 1 aliphatic rings. The Balaban J connectivity index is 0.000000348. The summed E-state index contributed by atoms with van der Waals surface area (Å²) in [6.45, 7) is 7.68. The molecule has 1 aliphatic heterocycles. The predicted molar refractivity (Wildman–Crippen MR) is 160 cm³/mol. The highest BCUT2D eigenvalue weighted by Gasteiger charge is 2.18. The molecular weight excluding hydrogens is 522 g/mol. The van der Waals surface area contributed by atoms with Crippen molar-refractivity contribution in [3.63, 3.8) is 0 Å². The van der Waals surface area contributed by atoms with Crippen LogP contribution in [-0.4, -0.2) is 59.8 Å². The van der Waals surface area contributed by atoms with Crippen molar-refractivity contribution < 1.29 is 4.79 Å². The van der Waals surface area contributed by atoms with Gasteiger partial charge in [0.1, 0.15) is 11.3 Å². The molecule has 1 unspecified atom stereocenters. The molecule has 0 saturated carbocycles. The van der Waals surface area contributed by atoms with E-state index in [1.807, 2.05) is 61.1 Å². The van der Waals surface area contributed by atoms with Gasteiger partial charge in [0.2, 0.25) is 0 Å². The van der Waals surface area contributed by atoms with E-state index >= 15 is 0 Å². The minimum atomic E-state index is 0.230. The number of carbonyl (C=O) groups excluding carboxylic acids is 1. The van der Waals surface area contributed by atoms with Crippen LogP contribution in [0.3, 0.4) is 0 Å². The monoisotopic (exact) mass is 557 g/mol. The molecule has 208 valence electrons. The molecule has 40 heavy (non-hydrogen) atoms. The summed E-state index contributed by atoms with van der Waals surface area (Å²) in [4.78, 5) is 22.5. The molecule has 6 rings (SSSR count). The number of benzene rings is 1. The fraction of sp³-hybridized carbons (Fsp3) is 0.345. The largest absolute Gasteiger partial charge is 0.388 e. The summed E-state index contributed by atoms with van der Waals surface area (Å²) in [6.07, 6.45) is 10.8. The Hall–Kier alpha value is -4.09. The number of anilines is 3. The zero-order valence-electron chi connectivity index (χ0n) is 23.1. The summed E-state index contributed by atoms with van der Waals surface area (Å²) in [7, 11) is 1.91. The molecule has 4 aromatic heterocycles. The number of fused-ring (bicyclic) bond motifs is 1. The minimum absolute atomic E-state index is 0.230. The summed E-state index contributed by atoms with van der Waals surface area (Å²) < 4.78 is 8.26. The van der Waals surface area contributed by atoms with Gasteiger partial charge in [0.05, 0.1) is 36.0 Å². The number of hydrogen-bond donors (Lipinski definition) is 2. The molecule has 2 N–H and O–H groups in total. The standard InChI is InChI=1S/C22H26N8OS.C7H9N/c1-15-4-3-5-28(11-15)14-18-8-20(32-27-18)26-21-22-23-10-19(30(22)12-16(2)25-21)17-9-24-29(13-17)6-7-31;1-8-7-5-3-2-4-6-7/h7-10,12-13,15H,3-6,11,14H2,1-2H3,(H,25,26);2-6,8H,1H3. The quantitative estimate of drug-likeness (QED) is 0.249. The van der Waals surface area contributed by atoms with Crippen molar-refractivity contribution in [1.82, 2.24) is 33.4 Å². The lowest BCUT2D eigenvalue weighted by atomic mass is 10.0. The second-order valence-corrected chi connectivity index (χ2v) is 10.9. The van der Waals surface area contributed by atoms with E-state index in [0.717, 1.165) is 70.8 Å². The molecule has 1 saturated heterocycles. The Labute approximate surface area is 238 Å². The molecule has 0 bridgehead atoms. The fourth-order valence-corrected chi connectivity index (χ4v) is 5.56. The number of nitrogens with one attached hydrogen (secondary N) is 2. The van der Waals surface area contributed by atoms with E-state index in [0.29, 0.717) is 5.82 Å². The van der Waals surface area contributed by atoms with Crippen LogP contribution in [0.1, 0.15) is 31.2 Å². The van der Waals surface area contributed by atoms with E-state index in [-0.39, 0.29) is 6.54 Å². The third-order valence-electron chi connectivity index (χ3n) is 6.79. The first-order valence-electron chi connectivity index (χ1n) is 13.5. The molecule has 0 amide bonds. The van der Waals surface area contributed by atoms with Crippen molar-refractivity contribution >= 4 is 40.0 Å². The van der Waals surface area contributed by atoms with Gasteiger partial charge < -0.3 is 15.4 Å². The van der Waals surface area contributed by atoms with Crippen LogP contribution in [0.15, 0.2) is 61.2 Å². The van der Waals surface area contributed by atoms with E-state index in [9.17, 15) is 4.79 Å². The number of piperidine rings is 1. The molecule has 1 aromatic carbocycles. The lowest BCUT2D eigenvalue weighted by Gasteiger charge is -2.30. The highest BCUT2D eigenvalue weighted by Crippen LogP contribution is 2.28. The van der Waals surface area contributed by atoms with Crippen molar-refractivity contribution in [3.8, 4) is 11.3 Å². The number of aldehydes is 1. The average Bonchev–Trinajstić information content (AvgIpc) is 3.70. The van der Waals surface area contributed by atoms with Crippen LogP contribution < -0.4 is 10.6 Å². The average molecular weight is 558 g/mol. The fourth-order valence-electron chi connectivity index (χ4n) is 4.90. The summed E-state index contributed by atoms with van der Waals surface area (Å²) in [5.74, 6) is 1.45. The SMILES string of the molecule is CNc1ccccc1.Cc1cn2c(-c3cnn(CC=O)c3)cnc2c(Nc2cc(CN3CCCC(C)C3)ns2)n1. The zero-order valence-corrected chi connectivity index (χ0v) is 23.9. The van der Waals surface area contributed by atoms with Gasteiger partial charge in [-0.05, 0) is 62.0 Å².